The van der Waals surface area contributed by atoms with E-state index in [2.05, 4.69) is 9.72 Å². The second kappa shape index (κ2) is 5.28. The van der Waals surface area contributed by atoms with Crippen molar-refractivity contribution in [2.24, 2.45) is 0 Å². The number of aromatic nitrogens is 1. The van der Waals surface area contributed by atoms with Crippen LogP contribution in [0.15, 0.2) is 18.2 Å². The number of benzene rings is 1. The number of nitrogen functional groups attached to an aromatic ring is 1. The van der Waals surface area contributed by atoms with E-state index < -0.39 is 23.7 Å². The minimum Gasteiger partial charge on any atom is -0.497 e. The summed E-state index contributed by atoms with van der Waals surface area (Å²) in [6.45, 7) is 0. The zero-order valence-corrected chi connectivity index (χ0v) is 10.8. The third-order valence-electron chi connectivity index (χ3n) is 2.86. The van der Waals surface area contributed by atoms with E-state index in [0.29, 0.717) is 11.1 Å². The molecule has 0 fully saturated rings. The smallest absolute Gasteiger partial charge is 0.342 e. The lowest BCUT2D eigenvalue weighted by Crippen LogP contribution is -2.12. The minimum absolute atomic E-state index is 0.101. The largest absolute Gasteiger partial charge is 0.497 e. The molecule has 106 valence electrons. The monoisotopic (exact) mass is 282 g/mol. The Bertz CT molecular complexity index is 674. The van der Waals surface area contributed by atoms with Gasteiger partial charge in [0.1, 0.15) is 17.0 Å². The van der Waals surface area contributed by atoms with Crippen molar-refractivity contribution in [1.29, 1.82) is 0 Å². The summed E-state index contributed by atoms with van der Waals surface area (Å²) in [6, 6.07) is 4.60. The summed E-state index contributed by atoms with van der Waals surface area (Å²) >= 11 is 0. The van der Waals surface area contributed by atoms with Gasteiger partial charge in [0.2, 0.25) is 0 Å². The highest BCUT2D eigenvalue weighted by Gasteiger charge is 2.25. The number of alkyl halides is 2. The van der Waals surface area contributed by atoms with Crippen LogP contribution < -0.4 is 10.5 Å². The topological polar surface area (TPSA) is 74.4 Å². The predicted molar refractivity (Wildman–Crippen MR) is 69.0 cm³/mol. The molecule has 0 spiro atoms. The molecule has 0 aliphatic heterocycles. The van der Waals surface area contributed by atoms with E-state index in [0.717, 1.165) is 7.11 Å². The van der Waals surface area contributed by atoms with Gasteiger partial charge in [-0.3, -0.25) is 0 Å². The van der Waals surface area contributed by atoms with Crippen LogP contribution in [0.25, 0.3) is 10.9 Å². The van der Waals surface area contributed by atoms with Gasteiger partial charge in [-0.15, -0.1) is 0 Å². The second-order valence-electron chi connectivity index (χ2n) is 3.96. The van der Waals surface area contributed by atoms with Crippen molar-refractivity contribution in [2.45, 2.75) is 6.43 Å². The van der Waals surface area contributed by atoms with Gasteiger partial charge in [-0.2, -0.15) is 0 Å². The second-order valence-corrected chi connectivity index (χ2v) is 3.96. The Morgan fingerprint density at radius 1 is 1.35 bits per heavy atom. The molecule has 1 aromatic carbocycles. The molecule has 0 atom stereocenters. The Hall–Kier alpha value is -2.44. The number of nitrogens with zero attached hydrogens (tertiary/aromatic N) is 1. The number of ether oxygens (including phenoxy) is 2. The maximum atomic E-state index is 13.0. The molecule has 20 heavy (non-hydrogen) atoms. The van der Waals surface area contributed by atoms with Crippen molar-refractivity contribution in [3.8, 4) is 5.75 Å². The quantitative estimate of drug-likeness (QED) is 0.876. The first-order chi connectivity index (χ1) is 9.49. The Labute approximate surface area is 113 Å². The van der Waals surface area contributed by atoms with Gasteiger partial charge in [0.25, 0.3) is 6.43 Å². The van der Waals surface area contributed by atoms with Crippen LogP contribution in [-0.4, -0.2) is 25.2 Å². The normalized spacial score (nSPS) is 10.8. The van der Waals surface area contributed by atoms with Crippen LogP contribution in [0.1, 0.15) is 22.5 Å². The highest BCUT2D eigenvalue weighted by molar-refractivity contribution is 6.05. The van der Waals surface area contributed by atoms with Crippen molar-refractivity contribution in [1.82, 2.24) is 4.98 Å². The fraction of sp³-hybridized carbons (Fsp3) is 0.231. The van der Waals surface area contributed by atoms with Crippen LogP contribution in [0.2, 0.25) is 0 Å². The molecule has 0 unspecified atom stereocenters. The molecule has 2 aromatic rings. The number of pyridine rings is 1. The number of fused-ring (bicyclic) bond motifs is 1. The number of carbonyl (C=O) groups excluding carboxylic acids is 1. The number of halogens is 2. The Morgan fingerprint density at radius 3 is 2.60 bits per heavy atom. The Morgan fingerprint density at radius 2 is 2.05 bits per heavy atom. The van der Waals surface area contributed by atoms with Crippen LogP contribution in [0.5, 0.6) is 5.75 Å². The van der Waals surface area contributed by atoms with Crippen LogP contribution >= 0.6 is 0 Å². The summed E-state index contributed by atoms with van der Waals surface area (Å²) in [5.74, 6) is -0.471. The first-order valence-electron chi connectivity index (χ1n) is 5.63. The summed E-state index contributed by atoms with van der Waals surface area (Å²) in [5.41, 5.74) is 4.88. The van der Waals surface area contributed by atoms with Crippen LogP contribution in [0.3, 0.4) is 0 Å². The zero-order valence-electron chi connectivity index (χ0n) is 10.8. The summed E-state index contributed by atoms with van der Waals surface area (Å²) < 4.78 is 35.6. The van der Waals surface area contributed by atoms with Gasteiger partial charge in [0, 0.05) is 5.39 Å². The Balaban J connectivity index is 2.82. The van der Waals surface area contributed by atoms with Gasteiger partial charge in [-0.25, -0.2) is 18.6 Å². The van der Waals surface area contributed by atoms with E-state index in [-0.39, 0.29) is 11.2 Å². The van der Waals surface area contributed by atoms with E-state index in [1.165, 1.54) is 19.2 Å². The van der Waals surface area contributed by atoms with E-state index in [9.17, 15) is 13.6 Å². The molecule has 1 aromatic heterocycles. The third-order valence-corrected chi connectivity index (χ3v) is 2.86. The molecule has 0 aliphatic carbocycles. The summed E-state index contributed by atoms with van der Waals surface area (Å²) in [6.07, 6.45) is -2.93. The molecule has 5 nitrogen and oxygen atoms in total. The van der Waals surface area contributed by atoms with Crippen LogP contribution in [0.4, 0.5) is 14.5 Å². The molecule has 7 heteroatoms. The molecular formula is C13H12F2N2O3. The first kappa shape index (κ1) is 14.0. The maximum Gasteiger partial charge on any atom is 0.342 e. The van der Waals surface area contributed by atoms with E-state index in [4.69, 9.17) is 10.5 Å². The molecule has 0 saturated heterocycles. The van der Waals surface area contributed by atoms with Gasteiger partial charge in [-0.05, 0) is 18.2 Å². The number of hydrogen-bond acceptors (Lipinski definition) is 5. The molecule has 0 radical (unpaired) electrons. The number of hydrogen-bond donors (Lipinski definition) is 1. The van der Waals surface area contributed by atoms with E-state index >= 15 is 0 Å². The standard InChI is InChI=1S/C13H12F2N2O3/c1-19-6-3-4-8-7(5-6)10(16)9(13(18)20-2)11(17-8)12(14)15/h3-5,12H,1-2H3,(H2,16,17). The first-order valence-corrected chi connectivity index (χ1v) is 5.63. The van der Waals surface area contributed by atoms with Crippen molar-refractivity contribution in [2.75, 3.05) is 20.0 Å². The van der Waals surface area contributed by atoms with Crippen molar-refractivity contribution >= 4 is 22.6 Å². The lowest BCUT2D eigenvalue weighted by molar-refractivity contribution is 0.0589. The molecule has 0 saturated carbocycles. The minimum atomic E-state index is -2.93. The zero-order chi connectivity index (χ0) is 14.9. The highest BCUT2D eigenvalue weighted by Crippen LogP contribution is 2.33. The number of nitrogens with two attached hydrogens (primary N) is 1. The van der Waals surface area contributed by atoms with Crippen molar-refractivity contribution < 1.29 is 23.0 Å². The van der Waals surface area contributed by atoms with Crippen molar-refractivity contribution in [3.63, 3.8) is 0 Å². The van der Waals surface area contributed by atoms with Gasteiger partial charge in [-0.1, -0.05) is 0 Å². The molecule has 2 rings (SSSR count). The average Bonchev–Trinajstić information content (AvgIpc) is 2.45. The maximum absolute atomic E-state index is 13.0. The SMILES string of the molecule is COC(=O)c1c(C(F)F)nc2ccc(OC)cc2c1N. The van der Waals surface area contributed by atoms with Gasteiger partial charge >= 0.3 is 5.97 Å². The summed E-state index contributed by atoms with van der Waals surface area (Å²) in [5, 5.41) is 0.356. The number of methoxy groups -OCH3 is 2. The molecule has 0 aliphatic rings. The van der Waals surface area contributed by atoms with E-state index in [1.54, 1.807) is 6.07 Å². The van der Waals surface area contributed by atoms with E-state index in [1.807, 2.05) is 0 Å². The molecule has 2 N–H and O–H groups in total. The van der Waals surface area contributed by atoms with Crippen molar-refractivity contribution in [3.05, 3.63) is 29.5 Å². The molecular weight excluding hydrogens is 270 g/mol. The Kier molecular flexibility index (Phi) is 3.69. The lowest BCUT2D eigenvalue weighted by atomic mass is 10.1. The molecule has 1 heterocycles. The van der Waals surface area contributed by atoms with Crippen LogP contribution in [-0.2, 0) is 4.74 Å². The molecule has 0 bridgehead atoms. The van der Waals surface area contributed by atoms with Gasteiger partial charge < -0.3 is 15.2 Å². The fourth-order valence-electron chi connectivity index (χ4n) is 1.89. The average molecular weight is 282 g/mol. The number of carbonyl (C=O) groups is 1. The number of rotatable bonds is 3. The summed E-state index contributed by atoms with van der Waals surface area (Å²) in [4.78, 5) is 15.4. The molecule has 0 amide bonds. The van der Waals surface area contributed by atoms with Gasteiger partial charge in [0.05, 0.1) is 25.4 Å². The third kappa shape index (κ3) is 2.22. The number of anilines is 1. The van der Waals surface area contributed by atoms with Crippen LogP contribution in [0, 0.1) is 0 Å². The van der Waals surface area contributed by atoms with Gasteiger partial charge in [0.15, 0.2) is 0 Å². The summed E-state index contributed by atoms with van der Waals surface area (Å²) in [7, 11) is 2.55. The number of esters is 1. The lowest BCUT2D eigenvalue weighted by Gasteiger charge is -2.13. The fourth-order valence-corrected chi connectivity index (χ4v) is 1.89. The highest BCUT2D eigenvalue weighted by atomic mass is 19.3. The predicted octanol–water partition coefficient (Wildman–Crippen LogP) is 2.55.